The van der Waals surface area contributed by atoms with E-state index in [1.54, 1.807) is 31.2 Å². The summed E-state index contributed by atoms with van der Waals surface area (Å²) in [6.07, 6.45) is 4.27. The van der Waals surface area contributed by atoms with Crippen LogP contribution in [0.2, 0.25) is 0 Å². The zero-order valence-electron chi connectivity index (χ0n) is 13.3. The predicted octanol–water partition coefficient (Wildman–Crippen LogP) is 0.980. The minimum Gasteiger partial charge on any atom is -0.352 e. The fourth-order valence-electron chi connectivity index (χ4n) is 2.61. The van der Waals surface area contributed by atoms with Gasteiger partial charge in [-0.2, -0.15) is 0 Å². The smallest absolute Gasteiger partial charge is 0.251 e. The number of carbonyl (C=O) groups is 3. The first-order chi connectivity index (χ1) is 11.1. The standard InChI is InChI=1S/C17H23N3O3/c1-12(16(22)20-14-9-5-6-10-14)19-15(21)11-18-17(23)13-7-3-2-4-8-13/h2-4,7-8,12,14H,5-6,9-11H2,1H3,(H,18,23)(H,19,21)(H,20,22)/t12-/m0/s1. The summed E-state index contributed by atoms with van der Waals surface area (Å²) in [4.78, 5) is 35.6. The van der Waals surface area contributed by atoms with Gasteiger partial charge in [0.1, 0.15) is 6.04 Å². The fourth-order valence-corrected chi connectivity index (χ4v) is 2.61. The molecule has 1 aromatic carbocycles. The van der Waals surface area contributed by atoms with Gasteiger partial charge in [0.25, 0.3) is 5.91 Å². The fraction of sp³-hybridized carbons (Fsp3) is 0.471. The zero-order chi connectivity index (χ0) is 16.7. The van der Waals surface area contributed by atoms with Crippen molar-refractivity contribution >= 4 is 17.7 Å². The van der Waals surface area contributed by atoms with Gasteiger partial charge in [0, 0.05) is 11.6 Å². The summed E-state index contributed by atoms with van der Waals surface area (Å²) >= 11 is 0. The van der Waals surface area contributed by atoms with Gasteiger partial charge in [-0.15, -0.1) is 0 Å². The van der Waals surface area contributed by atoms with Crippen LogP contribution in [0.4, 0.5) is 0 Å². The SMILES string of the molecule is C[C@H](NC(=O)CNC(=O)c1ccccc1)C(=O)NC1CCCC1. The molecule has 6 nitrogen and oxygen atoms in total. The Kier molecular flexibility index (Phi) is 6.14. The van der Waals surface area contributed by atoms with Crippen LogP contribution in [0.15, 0.2) is 30.3 Å². The lowest BCUT2D eigenvalue weighted by Gasteiger charge is -2.17. The van der Waals surface area contributed by atoms with Crippen molar-refractivity contribution in [2.75, 3.05) is 6.54 Å². The summed E-state index contributed by atoms with van der Waals surface area (Å²) in [7, 11) is 0. The van der Waals surface area contributed by atoms with Crippen LogP contribution in [0.25, 0.3) is 0 Å². The highest BCUT2D eigenvalue weighted by Gasteiger charge is 2.21. The molecule has 0 aromatic heterocycles. The Hall–Kier alpha value is -2.37. The number of amides is 3. The lowest BCUT2D eigenvalue weighted by atomic mass is 10.2. The third kappa shape index (κ3) is 5.39. The van der Waals surface area contributed by atoms with Gasteiger partial charge in [-0.1, -0.05) is 31.0 Å². The number of carbonyl (C=O) groups excluding carboxylic acids is 3. The molecular formula is C17H23N3O3. The van der Waals surface area contributed by atoms with Crippen LogP contribution < -0.4 is 16.0 Å². The minimum atomic E-state index is -0.614. The van der Waals surface area contributed by atoms with Gasteiger partial charge >= 0.3 is 0 Å². The maximum Gasteiger partial charge on any atom is 0.251 e. The van der Waals surface area contributed by atoms with Crippen LogP contribution in [0, 0.1) is 0 Å². The van der Waals surface area contributed by atoms with Gasteiger partial charge in [-0.05, 0) is 31.9 Å². The molecule has 0 heterocycles. The minimum absolute atomic E-state index is 0.158. The Morgan fingerprint density at radius 2 is 1.78 bits per heavy atom. The normalized spacial score (nSPS) is 15.7. The summed E-state index contributed by atoms with van der Waals surface area (Å²) in [5.41, 5.74) is 0.493. The average Bonchev–Trinajstić information content (AvgIpc) is 3.06. The van der Waals surface area contributed by atoms with E-state index in [9.17, 15) is 14.4 Å². The van der Waals surface area contributed by atoms with E-state index in [2.05, 4.69) is 16.0 Å². The molecule has 6 heteroatoms. The van der Waals surface area contributed by atoms with Gasteiger partial charge in [-0.25, -0.2) is 0 Å². The largest absolute Gasteiger partial charge is 0.352 e. The Morgan fingerprint density at radius 1 is 1.13 bits per heavy atom. The average molecular weight is 317 g/mol. The molecule has 0 radical (unpaired) electrons. The topological polar surface area (TPSA) is 87.3 Å². The van der Waals surface area contributed by atoms with Crippen molar-refractivity contribution in [2.24, 2.45) is 0 Å². The van der Waals surface area contributed by atoms with Crippen molar-refractivity contribution < 1.29 is 14.4 Å². The summed E-state index contributed by atoms with van der Waals surface area (Å²) in [6.45, 7) is 1.48. The molecule has 1 atom stereocenters. The number of hydrogen-bond donors (Lipinski definition) is 3. The molecule has 1 aromatic rings. The van der Waals surface area contributed by atoms with Gasteiger partial charge in [0.05, 0.1) is 6.54 Å². The number of hydrogen-bond acceptors (Lipinski definition) is 3. The molecule has 0 saturated heterocycles. The van der Waals surface area contributed by atoms with Crippen molar-refractivity contribution in [1.29, 1.82) is 0 Å². The Labute approximate surface area is 136 Å². The van der Waals surface area contributed by atoms with E-state index < -0.39 is 6.04 Å². The van der Waals surface area contributed by atoms with Crippen molar-refractivity contribution in [2.45, 2.75) is 44.7 Å². The highest BCUT2D eigenvalue weighted by atomic mass is 16.2. The van der Waals surface area contributed by atoms with Gasteiger partial charge in [-0.3, -0.25) is 14.4 Å². The molecule has 0 unspecified atom stereocenters. The van der Waals surface area contributed by atoms with E-state index in [4.69, 9.17) is 0 Å². The quantitative estimate of drug-likeness (QED) is 0.731. The van der Waals surface area contributed by atoms with E-state index in [1.807, 2.05) is 6.07 Å². The lowest BCUT2D eigenvalue weighted by molar-refractivity contribution is -0.128. The van der Waals surface area contributed by atoms with Gasteiger partial charge < -0.3 is 16.0 Å². The third-order valence-electron chi connectivity index (χ3n) is 3.92. The van der Waals surface area contributed by atoms with E-state index in [0.717, 1.165) is 25.7 Å². The second kappa shape index (κ2) is 8.31. The van der Waals surface area contributed by atoms with Crippen LogP contribution in [0.3, 0.4) is 0 Å². The second-order valence-corrected chi connectivity index (χ2v) is 5.83. The van der Waals surface area contributed by atoms with Crippen LogP contribution in [0.5, 0.6) is 0 Å². The molecule has 124 valence electrons. The molecule has 2 rings (SSSR count). The number of rotatable bonds is 6. The molecule has 1 aliphatic rings. The molecule has 1 saturated carbocycles. The molecule has 1 aliphatic carbocycles. The highest BCUT2D eigenvalue weighted by molar-refractivity contribution is 5.97. The summed E-state index contributed by atoms with van der Waals surface area (Å²) < 4.78 is 0. The zero-order valence-corrected chi connectivity index (χ0v) is 13.3. The lowest BCUT2D eigenvalue weighted by Crippen LogP contribution is -2.49. The van der Waals surface area contributed by atoms with Crippen molar-refractivity contribution in [1.82, 2.24) is 16.0 Å². The first kappa shape index (κ1) is 17.0. The van der Waals surface area contributed by atoms with Crippen molar-refractivity contribution in [3.8, 4) is 0 Å². The Balaban J connectivity index is 1.71. The molecule has 0 aliphatic heterocycles. The van der Waals surface area contributed by atoms with E-state index in [1.165, 1.54) is 0 Å². The summed E-state index contributed by atoms with van der Waals surface area (Å²) in [5.74, 6) is -0.883. The number of benzene rings is 1. The van der Waals surface area contributed by atoms with Crippen LogP contribution in [-0.2, 0) is 9.59 Å². The Morgan fingerprint density at radius 3 is 2.43 bits per heavy atom. The molecular weight excluding hydrogens is 294 g/mol. The molecule has 0 spiro atoms. The maximum absolute atomic E-state index is 12.0. The highest BCUT2D eigenvalue weighted by Crippen LogP contribution is 2.17. The van der Waals surface area contributed by atoms with E-state index in [-0.39, 0.29) is 30.3 Å². The molecule has 1 fully saturated rings. The number of nitrogens with one attached hydrogen (secondary N) is 3. The first-order valence-corrected chi connectivity index (χ1v) is 7.99. The first-order valence-electron chi connectivity index (χ1n) is 7.99. The second-order valence-electron chi connectivity index (χ2n) is 5.83. The molecule has 3 N–H and O–H groups in total. The molecule has 3 amide bonds. The maximum atomic E-state index is 12.0. The van der Waals surface area contributed by atoms with Gasteiger partial charge in [0.15, 0.2) is 0 Å². The summed E-state index contributed by atoms with van der Waals surface area (Å²) in [5, 5.41) is 8.06. The van der Waals surface area contributed by atoms with Crippen LogP contribution in [-0.4, -0.2) is 36.3 Å². The van der Waals surface area contributed by atoms with Crippen molar-refractivity contribution in [3.05, 3.63) is 35.9 Å². The Bertz CT molecular complexity index is 553. The van der Waals surface area contributed by atoms with Crippen LogP contribution in [0.1, 0.15) is 43.0 Å². The predicted molar refractivity (Wildman–Crippen MR) is 86.8 cm³/mol. The van der Waals surface area contributed by atoms with E-state index >= 15 is 0 Å². The summed E-state index contributed by atoms with van der Waals surface area (Å²) in [6, 6.07) is 8.27. The van der Waals surface area contributed by atoms with Crippen LogP contribution >= 0.6 is 0 Å². The third-order valence-corrected chi connectivity index (χ3v) is 3.92. The molecule has 0 bridgehead atoms. The van der Waals surface area contributed by atoms with E-state index in [0.29, 0.717) is 5.56 Å². The van der Waals surface area contributed by atoms with Crippen molar-refractivity contribution in [3.63, 3.8) is 0 Å². The van der Waals surface area contributed by atoms with Gasteiger partial charge in [0.2, 0.25) is 11.8 Å². The molecule has 23 heavy (non-hydrogen) atoms. The monoisotopic (exact) mass is 317 g/mol.